The van der Waals surface area contributed by atoms with E-state index < -0.39 is 6.29 Å². The summed E-state index contributed by atoms with van der Waals surface area (Å²) in [5.74, 6) is 0.327. The topological polar surface area (TPSA) is 36.9 Å². The Morgan fingerprint density at radius 1 is 0.917 bits per heavy atom. The predicted molar refractivity (Wildman–Crippen MR) is 87.9 cm³/mol. The van der Waals surface area contributed by atoms with Gasteiger partial charge in [-0.25, -0.2) is 4.39 Å². The van der Waals surface area contributed by atoms with Gasteiger partial charge in [0.1, 0.15) is 5.82 Å². The fraction of sp³-hybridized carbons (Fsp3) is 0.684. The van der Waals surface area contributed by atoms with Crippen LogP contribution in [0.4, 0.5) is 4.39 Å². The molecule has 0 atom stereocenters. The van der Waals surface area contributed by atoms with Gasteiger partial charge in [-0.3, -0.25) is 0 Å². The summed E-state index contributed by atoms with van der Waals surface area (Å²) in [6.45, 7) is 4.77. The summed E-state index contributed by atoms with van der Waals surface area (Å²) in [5, 5.41) is 0. The summed E-state index contributed by atoms with van der Waals surface area (Å²) in [6.07, 6.45) is 4.24. The lowest BCUT2D eigenvalue weighted by atomic mass is 10.0. The van der Waals surface area contributed by atoms with Crippen molar-refractivity contribution in [3.63, 3.8) is 0 Å². The predicted octanol–water partition coefficient (Wildman–Crippen LogP) is 4.06. The van der Waals surface area contributed by atoms with Crippen LogP contribution in [0.1, 0.15) is 44.5 Å². The zero-order valence-electron chi connectivity index (χ0n) is 14.3. The van der Waals surface area contributed by atoms with Gasteiger partial charge in [-0.2, -0.15) is 0 Å². The first kappa shape index (κ1) is 17.8. The van der Waals surface area contributed by atoms with Crippen molar-refractivity contribution < 1.29 is 23.3 Å². The molecular weight excluding hydrogens is 311 g/mol. The van der Waals surface area contributed by atoms with Crippen molar-refractivity contribution in [2.45, 2.75) is 45.2 Å². The Morgan fingerprint density at radius 2 is 1.58 bits per heavy atom. The first-order valence-corrected chi connectivity index (χ1v) is 8.98. The van der Waals surface area contributed by atoms with Gasteiger partial charge < -0.3 is 18.9 Å². The second-order valence-corrected chi connectivity index (χ2v) is 6.71. The summed E-state index contributed by atoms with van der Waals surface area (Å²) in [4.78, 5) is 0. The highest BCUT2D eigenvalue weighted by atomic mass is 19.1. The van der Waals surface area contributed by atoms with Crippen LogP contribution in [0.2, 0.25) is 0 Å². The molecule has 4 nitrogen and oxygen atoms in total. The van der Waals surface area contributed by atoms with Crippen LogP contribution in [0.3, 0.4) is 0 Å². The van der Waals surface area contributed by atoms with Gasteiger partial charge in [0.15, 0.2) is 12.6 Å². The van der Waals surface area contributed by atoms with E-state index >= 15 is 0 Å². The molecule has 2 saturated heterocycles. The largest absolute Gasteiger partial charge is 0.352 e. The number of hydrogen-bond donors (Lipinski definition) is 0. The molecule has 24 heavy (non-hydrogen) atoms. The second-order valence-electron chi connectivity index (χ2n) is 6.71. The molecule has 5 heteroatoms. The summed E-state index contributed by atoms with van der Waals surface area (Å²) in [5.41, 5.74) is 0.830. The van der Waals surface area contributed by atoms with Crippen LogP contribution >= 0.6 is 0 Å². The number of halogens is 1. The molecule has 1 aromatic rings. The number of rotatable bonds is 6. The molecule has 0 saturated carbocycles. The Kier molecular flexibility index (Phi) is 6.60. The lowest BCUT2D eigenvalue weighted by molar-refractivity contribution is -0.283. The molecule has 1 aromatic carbocycles. The minimum Gasteiger partial charge on any atom is -0.352 e. The Morgan fingerprint density at radius 3 is 2.21 bits per heavy atom. The second kappa shape index (κ2) is 8.90. The van der Waals surface area contributed by atoms with E-state index in [1.165, 1.54) is 37.8 Å². The molecule has 2 heterocycles. The van der Waals surface area contributed by atoms with Gasteiger partial charge in [-0.15, -0.1) is 0 Å². The number of unbranched alkanes of at least 4 members (excludes halogenated alkanes) is 2. The molecule has 0 spiro atoms. The maximum absolute atomic E-state index is 13.0. The maximum Gasteiger partial charge on any atom is 0.183 e. The molecule has 0 N–H and O–H groups in total. The fourth-order valence-electron chi connectivity index (χ4n) is 3.17. The molecule has 0 unspecified atom stereocenters. The Balaban J connectivity index is 1.40. The number of ether oxygens (including phenoxy) is 4. The smallest absolute Gasteiger partial charge is 0.183 e. The van der Waals surface area contributed by atoms with Crippen LogP contribution in [0.15, 0.2) is 24.3 Å². The van der Waals surface area contributed by atoms with Crippen molar-refractivity contribution in [1.82, 2.24) is 0 Å². The molecule has 0 aliphatic carbocycles. The zero-order chi connectivity index (χ0) is 16.8. The van der Waals surface area contributed by atoms with Gasteiger partial charge in [-0.05, 0) is 18.6 Å². The van der Waals surface area contributed by atoms with E-state index in [1.807, 2.05) is 0 Å². The average molecular weight is 338 g/mol. The third kappa shape index (κ3) is 4.76. The summed E-state index contributed by atoms with van der Waals surface area (Å²) in [7, 11) is 0. The third-order valence-corrected chi connectivity index (χ3v) is 4.66. The maximum atomic E-state index is 13.0. The van der Waals surface area contributed by atoms with Crippen LogP contribution in [0.25, 0.3) is 0 Å². The third-order valence-electron chi connectivity index (χ3n) is 4.66. The van der Waals surface area contributed by atoms with Crippen LogP contribution in [-0.4, -0.2) is 32.7 Å². The van der Waals surface area contributed by atoms with Gasteiger partial charge >= 0.3 is 0 Å². The molecule has 0 aromatic heterocycles. The molecule has 3 rings (SSSR count). The van der Waals surface area contributed by atoms with Crippen molar-refractivity contribution in [2.24, 2.45) is 11.8 Å². The molecular formula is C19H27FO4. The summed E-state index contributed by atoms with van der Waals surface area (Å²) in [6, 6.07) is 6.21. The minimum atomic E-state index is -0.438. The quantitative estimate of drug-likeness (QED) is 0.733. The molecule has 2 aliphatic heterocycles. The van der Waals surface area contributed by atoms with Crippen molar-refractivity contribution in [1.29, 1.82) is 0 Å². The first-order chi connectivity index (χ1) is 11.8. The normalized spacial score (nSPS) is 31.1. The average Bonchev–Trinajstić information content (AvgIpc) is 2.63. The molecule has 134 valence electrons. The van der Waals surface area contributed by atoms with E-state index in [1.54, 1.807) is 12.1 Å². The molecule has 2 aliphatic rings. The monoisotopic (exact) mass is 338 g/mol. The highest BCUT2D eigenvalue weighted by Crippen LogP contribution is 2.29. The first-order valence-electron chi connectivity index (χ1n) is 8.98. The SMILES string of the molecule is CCCCC[C@H]1CO[C@H]([C@H]2CO[C@H](c3ccc(F)cc3)OC2)OC1. The Bertz CT molecular complexity index is 477. The van der Waals surface area contributed by atoms with E-state index in [-0.39, 0.29) is 18.0 Å². The van der Waals surface area contributed by atoms with Crippen molar-refractivity contribution in [3.05, 3.63) is 35.6 Å². The van der Waals surface area contributed by atoms with Crippen molar-refractivity contribution >= 4 is 0 Å². The van der Waals surface area contributed by atoms with Gasteiger partial charge in [0.05, 0.1) is 32.3 Å². The molecule has 0 amide bonds. The van der Waals surface area contributed by atoms with Crippen LogP contribution in [-0.2, 0) is 18.9 Å². The van der Waals surface area contributed by atoms with Crippen molar-refractivity contribution in [3.8, 4) is 0 Å². The highest BCUT2D eigenvalue weighted by molar-refractivity contribution is 5.17. The van der Waals surface area contributed by atoms with Gasteiger partial charge in [0.2, 0.25) is 0 Å². The van der Waals surface area contributed by atoms with Crippen LogP contribution in [0.5, 0.6) is 0 Å². The summed E-state index contributed by atoms with van der Waals surface area (Å²) < 4.78 is 36.3. The number of hydrogen-bond acceptors (Lipinski definition) is 4. The van der Waals surface area contributed by atoms with E-state index in [0.29, 0.717) is 19.1 Å². The summed E-state index contributed by atoms with van der Waals surface area (Å²) >= 11 is 0. The standard InChI is InChI=1S/C19H27FO4/c1-2-3-4-5-14-10-21-19(22-11-14)16-12-23-18(24-13-16)15-6-8-17(20)9-7-15/h6-9,14,16,18-19H,2-5,10-13H2,1H3/t14-,16-,18-,19-. The van der Waals surface area contributed by atoms with Gasteiger partial charge in [0, 0.05) is 11.5 Å². The highest BCUT2D eigenvalue weighted by Gasteiger charge is 2.33. The van der Waals surface area contributed by atoms with E-state index in [2.05, 4.69) is 6.92 Å². The van der Waals surface area contributed by atoms with Crippen molar-refractivity contribution in [2.75, 3.05) is 26.4 Å². The van der Waals surface area contributed by atoms with Gasteiger partial charge in [0.25, 0.3) is 0 Å². The van der Waals surface area contributed by atoms with Crippen LogP contribution < -0.4 is 0 Å². The zero-order valence-corrected chi connectivity index (χ0v) is 14.3. The Labute approximate surface area is 143 Å². The minimum absolute atomic E-state index is 0.0818. The van der Waals surface area contributed by atoms with Gasteiger partial charge in [-0.1, -0.05) is 38.3 Å². The molecule has 0 bridgehead atoms. The lowest BCUT2D eigenvalue weighted by Gasteiger charge is -2.37. The Hall–Kier alpha value is -1.01. The van der Waals surface area contributed by atoms with E-state index in [4.69, 9.17) is 18.9 Å². The number of benzene rings is 1. The lowest BCUT2D eigenvalue weighted by Crippen LogP contribution is -2.43. The van der Waals surface area contributed by atoms with E-state index in [0.717, 1.165) is 18.8 Å². The van der Waals surface area contributed by atoms with E-state index in [9.17, 15) is 4.39 Å². The molecule has 0 radical (unpaired) electrons. The molecule has 2 fully saturated rings. The van der Waals surface area contributed by atoms with Crippen LogP contribution in [0, 0.1) is 17.7 Å². The fourth-order valence-corrected chi connectivity index (χ4v) is 3.17.